The van der Waals surface area contributed by atoms with Crippen molar-refractivity contribution in [3.63, 3.8) is 0 Å². The Labute approximate surface area is 62.1 Å². The summed E-state index contributed by atoms with van der Waals surface area (Å²) in [6, 6.07) is 0. The lowest BCUT2D eigenvalue weighted by Gasteiger charge is -2.17. The molecule has 4 nitrogen and oxygen atoms in total. The Bertz CT molecular complexity index is 87.9. The van der Waals surface area contributed by atoms with Crippen LogP contribution in [0.15, 0.2) is 0 Å². The zero-order valence-corrected chi connectivity index (χ0v) is 5.90. The molecular formula is C6H15NO3. The van der Waals surface area contributed by atoms with Gasteiger partial charge in [0.05, 0.1) is 19.8 Å². The second-order valence-electron chi connectivity index (χ2n) is 1.85. The van der Waals surface area contributed by atoms with Gasteiger partial charge in [-0.1, -0.05) is 0 Å². The van der Waals surface area contributed by atoms with Gasteiger partial charge in [-0.05, 0) is 0 Å². The Kier molecular flexibility index (Phi) is 5.52. The van der Waals surface area contributed by atoms with Gasteiger partial charge in [0.15, 0.2) is 0 Å². The van der Waals surface area contributed by atoms with E-state index in [1.54, 1.807) is 0 Å². The summed E-state index contributed by atoms with van der Waals surface area (Å²) >= 11 is 0. The predicted molar refractivity (Wildman–Crippen MR) is 37.7 cm³/mol. The lowest BCUT2D eigenvalue weighted by Crippen LogP contribution is -2.32. The smallest absolute Gasteiger partial charge is 0.0558 e. The number of nitrogens with zero attached hydrogens (tertiary/aromatic N) is 1. The van der Waals surface area contributed by atoms with E-state index in [2.05, 4.69) is 0 Å². The third kappa shape index (κ3) is 4.69. The molecule has 0 saturated heterocycles. The van der Waals surface area contributed by atoms with Crippen LogP contribution in [0.3, 0.4) is 0 Å². The van der Waals surface area contributed by atoms with Crippen molar-refractivity contribution in [3.05, 3.63) is 0 Å². The first-order valence-electron chi connectivity index (χ1n) is 3.82. The average Bonchev–Trinajstić information content (AvgIpc) is 2.03. The molecule has 3 N–H and O–H groups in total. The van der Waals surface area contributed by atoms with Crippen molar-refractivity contribution in [2.75, 3.05) is 39.4 Å². The molecule has 1 atom stereocenters. The molecule has 0 aliphatic heterocycles. The minimum atomic E-state index is -0.741. The molecule has 1 unspecified atom stereocenters. The van der Waals surface area contributed by atoms with E-state index in [0.717, 1.165) is 0 Å². The maximum absolute atomic E-state index is 8.57. The van der Waals surface area contributed by atoms with Crippen LogP contribution in [0.1, 0.15) is 1.37 Å². The van der Waals surface area contributed by atoms with Gasteiger partial charge in [-0.3, -0.25) is 4.90 Å². The van der Waals surface area contributed by atoms with Gasteiger partial charge < -0.3 is 15.3 Å². The summed E-state index contributed by atoms with van der Waals surface area (Å²) < 4.78 is 7.24. The van der Waals surface area contributed by atoms with Gasteiger partial charge in [0, 0.05) is 21.0 Å². The summed E-state index contributed by atoms with van der Waals surface area (Å²) in [4.78, 5) is 1.50. The standard InChI is InChI=1S/C6H15NO3/c8-4-1-7(2-5-9)3-6-10/h8-10H,1-6H2/i1D. The molecule has 0 amide bonds. The molecule has 62 valence electrons. The van der Waals surface area contributed by atoms with E-state index in [9.17, 15) is 0 Å². The van der Waals surface area contributed by atoms with Gasteiger partial charge in [0.2, 0.25) is 0 Å². The maximum Gasteiger partial charge on any atom is 0.0558 e. The molecule has 10 heavy (non-hydrogen) atoms. The van der Waals surface area contributed by atoms with E-state index < -0.39 is 6.52 Å². The highest BCUT2D eigenvalue weighted by molar-refractivity contribution is 4.54. The molecule has 0 aromatic carbocycles. The van der Waals surface area contributed by atoms with E-state index in [1.165, 1.54) is 4.90 Å². The molecule has 0 saturated carbocycles. The number of aliphatic hydroxyl groups is 3. The fourth-order valence-corrected chi connectivity index (χ4v) is 0.667. The predicted octanol–water partition coefficient (Wildman–Crippen LogP) is -1.73. The molecule has 0 heterocycles. The molecule has 0 spiro atoms. The van der Waals surface area contributed by atoms with Crippen LogP contribution >= 0.6 is 0 Å². The van der Waals surface area contributed by atoms with Gasteiger partial charge in [-0.2, -0.15) is 0 Å². The molecule has 0 radical (unpaired) electrons. The van der Waals surface area contributed by atoms with Crippen LogP contribution in [0.2, 0.25) is 0 Å². The van der Waals surface area contributed by atoms with Gasteiger partial charge in [0.1, 0.15) is 0 Å². The van der Waals surface area contributed by atoms with E-state index in [4.69, 9.17) is 16.7 Å². The summed E-state index contributed by atoms with van der Waals surface area (Å²) in [5.41, 5.74) is 0. The largest absolute Gasteiger partial charge is 0.395 e. The molecule has 4 heteroatoms. The normalized spacial score (nSPS) is 15.4. The van der Waals surface area contributed by atoms with Crippen molar-refractivity contribution in [2.24, 2.45) is 0 Å². The average molecular weight is 150 g/mol. The van der Waals surface area contributed by atoms with Crippen LogP contribution in [0.4, 0.5) is 0 Å². The second-order valence-corrected chi connectivity index (χ2v) is 1.85. The Morgan fingerprint density at radius 1 is 1.00 bits per heavy atom. The van der Waals surface area contributed by atoms with Crippen molar-refractivity contribution in [1.82, 2.24) is 4.90 Å². The minimum absolute atomic E-state index is 0.0601. The number of rotatable bonds is 6. The Morgan fingerprint density at radius 3 is 1.80 bits per heavy atom. The fraction of sp³-hybridized carbons (Fsp3) is 1.00. The molecule has 0 aromatic rings. The van der Waals surface area contributed by atoms with Crippen LogP contribution in [0.5, 0.6) is 0 Å². The lowest BCUT2D eigenvalue weighted by molar-refractivity contribution is 0.136. The highest BCUT2D eigenvalue weighted by Crippen LogP contribution is 1.84. The monoisotopic (exact) mass is 150 g/mol. The zero-order chi connectivity index (χ0) is 8.69. The van der Waals surface area contributed by atoms with E-state index in [1.807, 2.05) is 0 Å². The van der Waals surface area contributed by atoms with Crippen molar-refractivity contribution < 1.29 is 16.7 Å². The number of aliphatic hydroxyl groups excluding tert-OH is 3. The molecule has 0 aliphatic carbocycles. The minimum Gasteiger partial charge on any atom is -0.395 e. The Morgan fingerprint density at radius 2 is 1.50 bits per heavy atom. The van der Waals surface area contributed by atoms with E-state index in [0.29, 0.717) is 13.1 Å². The van der Waals surface area contributed by atoms with Crippen LogP contribution in [0.25, 0.3) is 0 Å². The van der Waals surface area contributed by atoms with Crippen LogP contribution in [-0.4, -0.2) is 59.7 Å². The van der Waals surface area contributed by atoms with Gasteiger partial charge in [0.25, 0.3) is 0 Å². The third-order valence-corrected chi connectivity index (χ3v) is 1.11. The fourth-order valence-electron chi connectivity index (χ4n) is 0.667. The summed E-state index contributed by atoms with van der Waals surface area (Å²) in [6.45, 7) is -0.510. The highest BCUT2D eigenvalue weighted by Gasteiger charge is 2.00. The Balaban J connectivity index is 3.66. The van der Waals surface area contributed by atoms with Crippen molar-refractivity contribution >= 4 is 0 Å². The lowest BCUT2D eigenvalue weighted by atomic mass is 10.4. The summed E-state index contributed by atoms with van der Waals surface area (Å²) in [7, 11) is 0. The number of hydrogen-bond donors (Lipinski definition) is 3. The van der Waals surface area contributed by atoms with Crippen LogP contribution < -0.4 is 0 Å². The van der Waals surface area contributed by atoms with Gasteiger partial charge >= 0.3 is 0 Å². The summed E-state index contributed by atoms with van der Waals surface area (Å²) in [5.74, 6) is 0. The first-order valence-corrected chi connectivity index (χ1v) is 3.25. The molecule has 0 bridgehead atoms. The van der Waals surface area contributed by atoms with Crippen LogP contribution in [0, 0.1) is 0 Å². The molecule has 0 rings (SSSR count). The molecule has 0 aromatic heterocycles. The first-order chi connectivity index (χ1) is 5.26. The maximum atomic E-state index is 8.57. The molecular weight excluding hydrogens is 134 g/mol. The SMILES string of the molecule is [2H]C(CO)N(CCO)CCO. The summed E-state index contributed by atoms with van der Waals surface area (Å²) in [5, 5.41) is 25.6. The molecule has 0 fully saturated rings. The van der Waals surface area contributed by atoms with Gasteiger partial charge in [-0.25, -0.2) is 0 Å². The molecule has 0 aliphatic rings. The first kappa shape index (κ1) is 7.94. The Hall–Kier alpha value is -0.160. The second kappa shape index (κ2) is 6.95. The van der Waals surface area contributed by atoms with E-state index in [-0.39, 0.29) is 19.8 Å². The van der Waals surface area contributed by atoms with Crippen molar-refractivity contribution in [3.8, 4) is 0 Å². The highest BCUT2D eigenvalue weighted by atomic mass is 16.3. The summed E-state index contributed by atoms with van der Waals surface area (Å²) in [6.07, 6.45) is 0. The topological polar surface area (TPSA) is 63.9 Å². The van der Waals surface area contributed by atoms with Crippen molar-refractivity contribution in [1.29, 1.82) is 0 Å². The van der Waals surface area contributed by atoms with Gasteiger partial charge in [-0.15, -0.1) is 0 Å². The van der Waals surface area contributed by atoms with E-state index >= 15 is 0 Å². The third-order valence-electron chi connectivity index (χ3n) is 1.11. The van der Waals surface area contributed by atoms with Crippen molar-refractivity contribution in [2.45, 2.75) is 0 Å². The quantitative estimate of drug-likeness (QED) is 0.421. The number of hydrogen-bond acceptors (Lipinski definition) is 4. The zero-order valence-electron chi connectivity index (χ0n) is 6.90. The van der Waals surface area contributed by atoms with Crippen LogP contribution in [-0.2, 0) is 0 Å².